The minimum atomic E-state index is -3.69. The first-order valence-corrected chi connectivity index (χ1v) is 8.47. The van der Waals surface area contributed by atoms with Gasteiger partial charge in [-0.25, -0.2) is 17.9 Å². The SMILES string of the molecule is CCNCCCNS(=O)(=O)c1cc(C(=O)O)ccc1CC. The average Bonchev–Trinajstić information content (AvgIpc) is 2.46. The molecule has 0 fully saturated rings. The fourth-order valence-corrected chi connectivity index (χ4v) is 3.31. The van der Waals surface area contributed by atoms with Gasteiger partial charge in [0.1, 0.15) is 0 Å². The van der Waals surface area contributed by atoms with Crippen molar-refractivity contribution in [2.45, 2.75) is 31.6 Å². The van der Waals surface area contributed by atoms with Crippen molar-refractivity contribution in [2.75, 3.05) is 19.6 Å². The predicted octanol–water partition coefficient (Wildman–Crippen LogP) is 1.23. The Hall–Kier alpha value is -1.44. The number of carbonyl (C=O) groups is 1. The summed E-state index contributed by atoms with van der Waals surface area (Å²) in [5.74, 6) is -1.14. The Morgan fingerprint density at radius 3 is 2.52 bits per heavy atom. The highest BCUT2D eigenvalue weighted by Crippen LogP contribution is 2.18. The fourth-order valence-electron chi connectivity index (χ4n) is 1.90. The van der Waals surface area contributed by atoms with Crippen LogP contribution in [0.4, 0.5) is 0 Å². The van der Waals surface area contributed by atoms with Crippen molar-refractivity contribution in [3.05, 3.63) is 29.3 Å². The lowest BCUT2D eigenvalue weighted by Crippen LogP contribution is -2.28. The molecule has 0 bridgehead atoms. The van der Waals surface area contributed by atoms with Gasteiger partial charge in [-0.2, -0.15) is 0 Å². The summed E-state index contributed by atoms with van der Waals surface area (Å²) in [6.45, 7) is 5.70. The van der Waals surface area contributed by atoms with Crippen molar-refractivity contribution in [3.8, 4) is 0 Å². The average molecular weight is 314 g/mol. The molecule has 1 aromatic carbocycles. The number of hydrogen-bond donors (Lipinski definition) is 3. The third-order valence-corrected chi connectivity index (χ3v) is 4.60. The number of carboxylic acids is 1. The van der Waals surface area contributed by atoms with Crippen LogP contribution in [-0.2, 0) is 16.4 Å². The second kappa shape index (κ2) is 8.11. The van der Waals surface area contributed by atoms with Gasteiger partial charge >= 0.3 is 5.97 Å². The number of aryl methyl sites for hydroxylation is 1. The first kappa shape index (κ1) is 17.6. The molecule has 0 saturated carbocycles. The molecule has 1 aromatic rings. The minimum absolute atomic E-state index is 0.0276. The van der Waals surface area contributed by atoms with Gasteiger partial charge in [0.2, 0.25) is 10.0 Å². The summed E-state index contributed by atoms with van der Waals surface area (Å²) in [6.07, 6.45) is 1.20. The molecular formula is C14H22N2O4S. The molecule has 0 saturated heterocycles. The van der Waals surface area contributed by atoms with Gasteiger partial charge in [-0.05, 0) is 43.6 Å². The summed E-state index contributed by atoms with van der Waals surface area (Å²) in [4.78, 5) is 11.0. The molecule has 1 rings (SSSR count). The van der Waals surface area contributed by atoms with Crippen LogP contribution in [0.5, 0.6) is 0 Å². The second-order valence-corrected chi connectivity index (χ2v) is 6.32. The maximum absolute atomic E-state index is 12.3. The molecule has 0 heterocycles. The van der Waals surface area contributed by atoms with Crippen LogP contribution < -0.4 is 10.0 Å². The summed E-state index contributed by atoms with van der Waals surface area (Å²) in [5.41, 5.74) is 0.583. The molecule has 7 heteroatoms. The minimum Gasteiger partial charge on any atom is -0.478 e. The number of sulfonamides is 1. The van der Waals surface area contributed by atoms with Crippen molar-refractivity contribution < 1.29 is 18.3 Å². The van der Waals surface area contributed by atoms with Gasteiger partial charge in [0, 0.05) is 6.54 Å². The van der Waals surface area contributed by atoms with Crippen molar-refractivity contribution in [1.29, 1.82) is 0 Å². The van der Waals surface area contributed by atoms with E-state index < -0.39 is 16.0 Å². The second-order valence-electron chi connectivity index (χ2n) is 4.59. The van der Waals surface area contributed by atoms with Gasteiger partial charge in [0.15, 0.2) is 0 Å². The number of aromatic carboxylic acids is 1. The maximum atomic E-state index is 12.3. The molecule has 0 amide bonds. The van der Waals surface area contributed by atoms with Crippen LogP contribution in [0.3, 0.4) is 0 Å². The van der Waals surface area contributed by atoms with E-state index >= 15 is 0 Å². The van der Waals surface area contributed by atoms with Gasteiger partial charge < -0.3 is 10.4 Å². The van der Waals surface area contributed by atoms with Crippen LogP contribution in [0, 0.1) is 0 Å². The highest BCUT2D eigenvalue weighted by molar-refractivity contribution is 7.89. The molecular weight excluding hydrogens is 292 g/mol. The number of rotatable bonds is 9. The topological polar surface area (TPSA) is 95.5 Å². The number of nitrogens with one attached hydrogen (secondary N) is 2. The summed E-state index contributed by atoms with van der Waals surface area (Å²) >= 11 is 0. The first-order chi connectivity index (χ1) is 9.92. The van der Waals surface area contributed by atoms with E-state index in [9.17, 15) is 13.2 Å². The standard InChI is InChI=1S/C14H22N2O4S/c1-3-11-6-7-12(14(17)18)10-13(11)21(19,20)16-9-5-8-15-4-2/h6-7,10,15-16H,3-5,8-9H2,1-2H3,(H,17,18). The van der Waals surface area contributed by atoms with E-state index in [1.54, 1.807) is 6.07 Å². The zero-order chi connectivity index (χ0) is 15.9. The highest BCUT2D eigenvalue weighted by atomic mass is 32.2. The van der Waals surface area contributed by atoms with Crippen LogP contribution in [0.2, 0.25) is 0 Å². The Morgan fingerprint density at radius 2 is 1.95 bits per heavy atom. The van der Waals surface area contributed by atoms with Crippen LogP contribution in [0.15, 0.2) is 23.1 Å². The van der Waals surface area contributed by atoms with Crippen molar-refractivity contribution in [3.63, 3.8) is 0 Å². The van der Waals surface area contributed by atoms with Crippen molar-refractivity contribution in [2.24, 2.45) is 0 Å². The van der Waals surface area contributed by atoms with Gasteiger partial charge in [-0.1, -0.05) is 19.9 Å². The van der Waals surface area contributed by atoms with Gasteiger partial charge in [-0.15, -0.1) is 0 Å². The third-order valence-electron chi connectivity index (χ3n) is 3.06. The lowest BCUT2D eigenvalue weighted by molar-refractivity contribution is 0.0696. The van der Waals surface area contributed by atoms with Crippen LogP contribution in [0.25, 0.3) is 0 Å². The van der Waals surface area contributed by atoms with E-state index in [-0.39, 0.29) is 10.5 Å². The lowest BCUT2D eigenvalue weighted by Gasteiger charge is -2.11. The smallest absolute Gasteiger partial charge is 0.335 e. The lowest BCUT2D eigenvalue weighted by atomic mass is 10.1. The molecule has 21 heavy (non-hydrogen) atoms. The van der Waals surface area contributed by atoms with Crippen LogP contribution >= 0.6 is 0 Å². The highest BCUT2D eigenvalue weighted by Gasteiger charge is 2.19. The zero-order valence-corrected chi connectivity index (χ0v) is 13.2. The van der Waals surface area contributed by atoms with E-state index in [1.165, 1.54) is 12.1 Å². The molecule has 3 N–H and O–H groups in total. The van der Waals surface area contributed by atoms with E-state index in [1.807, 2.05) is 13.8 Å². The normalized spacial score (nSPS) is 11.5. The maximum Gasteiger partial charge on any atom is 0.335 e. The predicted molar refractivity (Wildman–Crippen MR) is 81.1 cm³/mol. The van der Waals surface area contributed by atoms with E-state index in [0.29, 0.717) is 24.9 Å². The van der Waals surface area contributed by atoms with Gasteiger partial charge in [0.25, 0.3) is 0 Å². The van der Waals surface area contributed by atoms with E-state index in [2.05, 4.69) is 10.0 Å². The Morgan fingerprint density at radius 1 is 1.24 bits per heavy atom. The number of carboxylic acid groups (broad SMARTS) is 1. The number of hydrogen-bond acceptors (Lipinski definition) is 4. The molecule has 118 valence electrons. The van der Waals surface area contributed by atoms with Gasteiger partial charge in [-0.3, -0.25) is 0 Å². The van der Waals surface area contributed by atoms with Crippen LogP contribution in [0.1, 0.15) is 36.2 Å². The molecule has 0 aliphatic rings. The first-order valence-electron chi connectivity index (χ1n) is 6.99. The summed E-state index contributed by atoms with van der Waals surface area (Å²) < 4.78 is 27.1. The monoisotopic (exact) mass is 314 g/mol. The molecule has 0 atom stereocenters. The van der Waals surface area contributed by atoms with E-state index in [4.69, 9.17) is 5.11 Å². The third kappa shape index (κ3) is 5.11. The summed E-state index contributed by atoms with van der Waals surface area (Å²) in [5, 5.41) is 12.1. The summed E-state index contributed by atoms with van der Waals surface area (Å²) in [7, 11) is -3.69. The largest absolute Gasteiger partial charge is 0.478 e. The molecule has 0 aliphatic carbocycles. The molecule has 0 aliphatic heterocycles. The Bertz CT molecular complexity index is 585. The molecule has 0 spiro atoms. The molecule has 0 aromatic heterocycles. The quantitative estimate of drug-likeness (QED) is 0.596. The molecule has 6 nitrogen and oxygen atoms in total. The van der Waals surface area contributed by atoms with Crippen molar-refractivity contribution in [1.82, 2.24) is 10.0 Å². The zero-order valence-electron chi connectivity index (χ0n) is 12.3. The Labute approximate surface area is 125 Å². The summed E-state index contributed by atoms with van der Waals surface area (Å²) in [6, 6.07) is 4.19. The van der Waals surface area contributed by atoms with E-state index in [0.717, 1.165) is 13.1 Å². The number of benzene rings is 1. The molecule has 0 unspecified atom stereocenters. The Balaban J connectivity index is 2.90. The molecule has 0 radical (unpaired) electrons. The fraction of sp³-hybridized carbons (Fsp3) is 0.500. The van der Waals surface area contributed by atoms with Crippen molar-refractivity contribution >= 4 is 16.0 Å². The van der Waals surface area contributed by atoms with Gasteiger partial charge in [0.05, 0.1) is 10.5 Å². The Kier molecular flexibility index (Phi) is 6.80. The van der Waals surface area contributed by atoms with Crippen LogP contribution in [-0.4, -0.2) is 39.1 Å².